The minimum absolute atomic E-state index is 0.380. The molecule has 5 nitrogen and oxygen atoms in total. The molecule has 5 heteroatoms. The normalized spacial score (nSPS) is 11.3. The highest BCUT2D eigenvalue weighted by molar-refractivity contribution is 6.09. The molecule has 0 bridgehead atoms. The molecule has 0 amide bonds. The monoisotopic (exact) mass is 371 g/mol. The second-order valence-corrected chi connectivity index (χ2v) is 6.62. The van der Waals surface area contributed by atoms with E-state index in [1.807, 2.05) is 54.6 Å². The number of hydrogen-bond donors (Lipinski definition) is 1. The number of ether oxygens (including phenoxy) is 1. The Bertz CT molecular complexity index is 1360. The van der Waals surface area contributed by atoms with Gasteiger partial charge in [0.1, 0.15) is 22.5 Å². The summed E-state index contributed by atoms with van der Waals surface area (Å²) in [7, 11) is 1.64. The number of para-hydroxylation sites is 1. The number of furan rings is 1. The predicted molar refractivity (Wildman–Crippen MR) is 110 cm³/mol. The smallest absolute Gasteiger partial charge is 0.336 e. The predicted octanol–water partition coefficient (Wildman–Crippen LogP) is 5.31. The molecule has 0 aliphatic heterocycles. The van der Waals surface area contributed by atoms with Gasteiger partial charge in [-0.2, -0.15) is 0 Å². The van der Waals surface area contributed by atoms with Crippen LogP contribution in [-0.2, 0) is 6.54 Å². The Morgan fingerprint density at radius 2 is 1.61 bits per heavy atom. The molecule has 0 fully saturated rings. The molecule has 1 N–H and O–H groups in total. The Labute approximate surface area is 160 Å². The van der Waals surface area contributed by atoms with Crippen molar-refractivity contribution in [2.75, 3.05) is 12.4 Å². The highest BCUT2D eigenvalue weighted by Gasteiger charge is 2.12. The molecule has 5 rings (SSSR count). The number of fused-ring (bicyclic) bond motifs is 4. The molecule has 0 radical (unpaired) electrons. The fraction of sp³-hybridized carbons (Fsp3) is 0.0870. The van der Waals surface area contributed by atoms with Crippen LogP contribution in [-0.4, -0.2) is 7.11 Å². The molecular formula is C23H17NO4. The molecule has 0 saturated carbocycles. The van der Waals surface area contributed by atoms with Gasteiger partial charge < -0.3 is 18.9 Å². The molecule has 28 heavy (non-hydrogen) atoms. The van der Waals surface area contributed by atoms with Gasteiger partial charge in [-0.1, -0.05) is 18.2 Å². The van der Waals surface area contributed by atoms with Crippen molar-refractivity contribution >= 4 is 38.6 Å². The molecule has 2 aromatic heterocycles. The van der Waals surface area contributed by atoms with Gasteiger partial charge in [-0.3, -0.25) is 0 Å². The van der Waals surface area contributed by atoms with Crippen LogP contribution in [0.1, 0.15) is 5.56 Å². The molecule has 138 valence electrons. The topological polar surface area (TPSA) is 64.6 Å². The van der Waals surface area contributed by atoms with Gasteiger partial charge in [0.2, 0.25) is 0 Å². The first-order valence-corrected chi connectivity index (χ1v) is 8.97. The number of anilines is 1. The minimum Gasteiger partial charge on any atom is -0.497 e. The van der Waals surface area contributed by atoms with Gasteiger partial charge in [0, 0.05) is 40.5 Å². The SMILES string of the molecule is COc1ccc(NCc2cc(=O)oc3cc4oc5ccccc5c4cc23)cc1. The first-order valence-electron chi connectivity index (χ1n) is 8.97. The van der Waals surface area contributed by atoms with Crippen LogP contribution in [0.4, 0.5) is 5.69 Å². The Hall–Kier alpha value is -3.73. The quantitative estimate of drug-likeness (QED) is 0.434. The van der Waals surface area contributed by atoms with Crippen molar-refractivity contribution in [2.24, 2.45) is 0 Å². The van der Waals surface area contributed by atoms with E-state index in [1.165, 1.54) is 6.07 Å². The number of benzene rings is 3. The van der Waals surface area contributed by atoms with Crippen molar-refractivity contribution in [1.82, 2.24) is 0 Å². The van der Waals surface area contributed by atoms with Crippen molar-refractivity contribution < 1.29 is 13.6 Å². The van der Waals surface area contributed by atoms with E-state index in [0.29, 0.717) is 17.7 Å². The van der Waals surface area contributed by atoms with Gasteiger partial charge in [0.25, 0.3) is 0 Å². The minimum atomic E-state index is -0.380. The molecule has 2 heterocycles. The zero-order valence-electron chi connectivity index (χ0n) is 15.2. The molecular weight excluding hydrogens is 354 g/mol. The maximum Gasteiger partial charge on any atom is 0.336 e. The summed E-state index contributed by atoms with van der Waals surface area (Å²) in [4.78, 5) is 12.1. The first kappa shape index (κ1) is 16.4. The van der Waals surface area contributed by atoms with E-state index in [2.05, 4.69) is 5.32 Å². The van der Waals surface area contributed by atoms with Crippen molar-refractivity contribution in [3.63, 3.8) is 0 Å². The third kappa shape index (κ3) is 2.77. The highest BCUT2D eigenvalue weighted by Crippen LogP contribution is 2.32. The summed E-state index contributed by atoms with van der Waals surface area (Å²) in [5.41, 5.74) is 3.47. The van der Waals surface area contributed by atoms with E-state index in [9.17, 15) is 4.79 Å². The summed E-state index contributed by atoms with van der Waals surface area (Å²) in [6.45, 7) is 0.496. The maximum atomic E-state index is 12.1. The summed E-state index contributed by atoms with van der Waals surface area (Å²) in [6, 6.07) is 20.9. The third-order valence-electron chi connectivity index (χ3n) is 4.90. The summed E-state index contributed by atoms with van der Waals surface area (Å²) < 4.78 is 16.5. The number of hydrogen-bond acceptors (Lipinski definition) is 5. The lowest BCUT2D eigenvalue weighted by atomic mass is 10.1. The van der Waals surface area contributed by atoms with Gasteiger partial charge in [0.05, 0.1) is 7.11 Å². The Kier molecular flexibility index (Phi) is 3.79. The fourth-order valence-electron chi connectivity index (χ4n) is 3.50. The van der Waals surface area contributed by atoms with Crippen LogP contribution < -0.4 is 15.7 Å². The van der Waals surface area contributed by atoms with Gasteiger partial charge in [-0.25, -0.2) is 4.79 Å². The van der Waals surface area contributed by atoms with Crippen molar-refractivity contribution in [3.8, 4) is 5.75 Å². The van der Waals surface area contributed by atoms with Gasteiger partial charge >= 0.3 is 5.63 Å². The molecule has 5 aromatic rings. The lowest BCUT2D eigenvalue weighted by Gasteiger charge is -2.09. The third-order valence-corrected chi connectivity index (χ3v) is 4.90. The van der Waals surface area contributed by atoms with Gasteiger partial charge in [0.15, 0.2) is 0 Å². The van der Waals surface area contributed by atoms with Gasteiger partial charge in [-0.05, 0) is 42.0 Å². The average molecular weight is 371 g/mol. The Balaban J connectivity index is 1.60. The van der Waals surface area contributed by atoms with Crippen LogP contribution >= 0.6 is 0 Å². The first-order chi connectivity index (χ1) is 13.7. The molecule has 0 unspecified atom stereocenters. The van der Waals surface area contributed by atoms with Crippen LogP contribution in [0, 0.1) is 0 Å². The lowest BCUT2D eigenvalue weighted by Crippen LogP contribution is -2.05. The largest absolute Gasteiger partial charge is 0.497 e. The molecule has 0 aliphatic rings. The van der Waals surface area contributed by atoms with Crippen LogP contribution in [0.25, 0.3) is 32.9 Å². The second kappa shape index (κ2) is 6.46. The zero-order valence-corrected chi connectivity index (χ0v) is 15.2. The van der Waals surface area contributed by atoms with Crippen molar-refractivity contribution in [2.45, 2.75) is 6.54 Å². The fourth-order valence-corrected chi connectivity index (χ4v) is 3.50. The van der Waals surface area contributed by atoms with E-state index < -0.39 is 0 Å². The van der Waals surface area contributed by atoms with Gasteiger partial charge in [-0.15, -0.1) is 0 Å². The van der Waals surface area contributed by atoms with E-state index in [0.717, 1.165) is 38.7 Å². The number of nitrogens with one attached hydrogen (secondary N) is 1. The van der Waals surface area contributed by atoms with Crippen LogP contribution in [0.3, 0.4) is 0 Å². The van der Waals surface area contributed by atoms with Crippen LogP contribution in [0.2, 0.25) is 0 Å². The van der Waals surface area contributed by atoms with E-state index in [-0.39, 0.29) is 5.63 Å². The number of rotatable bonds is 4. The van der Waals surface area contributed by atoms with Crippen molar-refractivity contribution in [3.05, 3.63) is 82.7 Å². The van der Waals surface area contributed by atoms with Crippen LogP contribution in [0.15, 0.2) is 80.4 Å². The van der Waals surface area contributed by atoms with E-state index in [4.69, 9.17) is 13.6 Å². The number of methoxy groups -OCH3 is 1. The molecule has 0 aliphatic carbocycles. The lowest BCUT2D eigenvalue weighted by molar-refractivity contribution is 0.415. The highest BCUT2D eigenvalue weighted by atomic mass is 16.5. The summed E-state index contributed by atoms with van der Waals surface area (Å²) >= 11 is 0. The molecule has 0 saturated heterocycles. The Morgan fingerprint density at radius 1 is 0.821 bits per heavy atom. The summed E-state index contributed by atoms with van der Waals surface area (Å²) in [5, 5.41) is 6.28. The maximum absolute atomic E-state index is 12.1. The van der Waals surface area contributed by atoms with E-state index in [1.54, 1.807) is 13.2 Å². The van der Waals surface area contributed by atoms with Crippen molar-refractivity contribution in [1.29, 1.82) is 0 Å². The summed E-state index contributed by atoms with van der Waals surface area (Å²) in [6.07, 6.45) is 0. The molecule has 3 aromatic carbocycles. The molecule has 0 atom stereocenters. The zero-order chi connectivity index (χ0) is 19.1. The average Bonchev–Trinajstić information content (AvgIpc) is 3.08. The second-order valence-electron chi connectivity index (χ2n) is 6.62. The Morgan fingerprint density at radius 3 is 2.43 bits per heavy atom. The standard InChI is InChI=1S/C23H17NO4/c1-26-16-8-6-15(7-9-16)24-13-14-10-23(25)28-21-12-22-19(11-18(14)21)17-4-2-3-5-20(17)27-22/h2-12,24H,13H2,1H3. The van der Waals surface area contributed by atoms with E-state index >= 15 is 0 Å². The van der Waals surface area contributed by atoms with Crippen LogP contribution in [0.5, 0.6) is 5.75 Å². The summed E-state index contributed by atoms with van der Waals surface area (Å²) in [5.74, 6) is 0.797. The molecule has 0 spiro atoms.